The largest absolute Gasteiger partial charge is 0.466 e. The number of esters is 2. The smallest absolute Gasteiger partial charge is 0.315 e. The molecule has 0 aliphatic heterocycles. The number of carbonyl (C=O) groups excluding carboxylic acids is 2. The van der Waals surface area contributed by atoms with Gasteiger partial charge in [0.25, 0.3) is 0 Å². The van der Waals surface area contributed by atoms with Crippen molar-refractivity contribution < 1.29 is 19.1 Å². The summed E-state index contributed by atoms with van der Waals surface area (Å²) in [6, 6.07) is 5.58. The molecule has 0 bridgehead atoms. The van der Waals surface area contributed by atoms with Crippen LogP contribution in [0.5, 0.6) is 5.75 Å². The molecule has 4 nitrogen and oxygen atoms in total. The second kappa shape index (κ2) is 7.43. The van der Waals surface area contributed by atoms with Gasteiger partial charge in [-0.25, -0.2) is 0 Å². The van der Waals surface area contributed by atoms with Crippen molar-refractivity contribution in [3.63, 3.8) is 0 Å². The Labute approximate surface area is 131 Å². The lowest BCUT2D eigenvalue weighted by Gasteiger charge is -2.28. The van der Waals surface area contributed by atoms with E-state index in [0.29, 0.717) is 25.2 Å². The van der Waals surface area contributed by atoms with Gasteiger partial charge in [-0.3, -0.25) is 9.59 Å². The predicted molar refractivity (Wildman–Crippen MR) is 83.6 cm³/mol. The van der Waals surface area contributed by atoms with Crippen molar-refractivity contribution in [3.05, 3.63) is 29.3 Å². The summed E-state index contributed by atoms with van der Waals surface area (Å²) in [4.78, 5) is 24.5. The first-order valence-electron chi connectivity index (χ1n) is 7.98. The van der Waals surface area contributed by atoms with Gasteiger partial charge in [-0.1, -0.05) is 18.9 Å². The molecule has 0 spiro atoms. The van der Waals surface area contributed by atoms with Crippen molar-refractivity contribution in [2.75, 3.05) is 6.61 Å². The van der Waals surface area contributed by atoms with Crippen molar-refractivity contribution in [2.45, 2.75) is 46.5 Å². The van der Waals surface area contributed by atoms with Gasteiger partial charge < -0.3 is 9.47 Å². The summed E-state index contributed by atoms with van der Waals surface area (Å²) in [5, 5.41) is 0. The number of carbonyl (C=O) groups is 2. The van der Waals surface area contributed by atoms with E-state index in [1.54, 1.807) is 13.0 Å². The molecule has 2 unspecified atom stereocenters. The van der Waals surface area contributed by atoms with Gasteiger partial charge in [-0.05, 0) is 56.9 Å². The summed E-state index contributed by atoms with van der Waals surface area (Å²) in [6.07, 6.45) is 3.29. The monoisotopic (exact) mass is 304 g/mol. The third-order valence-corrected chi connectivity index (χ3v) is 4.35. The van der Waals surface area contributed by atoms with Crippen LogP contribution >= 0.6 is 0 Å². The summed E-state index contributed by atoms with van der Waals surface area (Å²) >= 11 is 0. The molecule has 120 valence electrons. The summed E-state index contributed by atoms with van der Waals surface area (Å²) in [5.41, 5.74) is 2.23. The van der Waals surface area contributed by atoms with Crippen LogP contribution in [-0.4, -0.2) is 18.5 Å². The molecule has 1 aliphatic carbocycles. The highest BCUT2D eigenvalue weighted by Crippen LogP contribution is 2.32. The van der Waals surface area contributed by atoms with Crippen LogP contribution < -0.4 is 4.74 Å². The van der Waals surface area contributed by atoms with Crippen LogP contribution in [0.4, 0.5) is 0 Å². The lowest BCUT2D eigenvalue weighted by molar-refractivity contribution is -0.158. The van der Waals surface area contributed by atoms with Crippen LogP contribution in [0.15, 0.2) is 18.2 Å². The molecule has 0 aromatic heterocycles. The Bertz CT molecular complexity index is 550. The fourth-order valence-corrected chi connectivity index (χ4v) is 2.91. The lowest BCUT2D eigenvalue weighted by atomic mass is 9.79. The van der Waals surface area contributed by atoms with E-state index in [-0.39, 0.29) is 17.9 Å². The average Bonchev–Trinajstić information content (AvgIpc) is 2.51. The Morgan fingerprint density at radius 3 is 2.27 bits per heavy atom. The zero-order valence-electron chi connectivity index (χ0n) is 13.6. The van der Waals surface area contributed by atoms with E-state index in [9.17, 15) is 9.59 Å². The SMILES string of the molecule is CCOC(=O)C1CCCCC1C(=O)Oc1ccc(C)c(C)c1. The first kappa shape index (κ1) is 16.5. The van der Waals surface area contributed by atoms with E-state index >= 15 is 0 Å². The van der Waals surface area contributed by atoms with Gasteiger partial charge in [0, 0.05) is 0 Å². The van der Waals surface area contributed by atoms with Crippen LogP contribution in [0.2, 0.25) is 0 Å². The second-order valence-electron chi connectivity index (χ2n) is 5.92. The first-order chi connectivity index (χ1) is 10.5. The van der Waals surface area contributed by atoms with Gasteiger partial charge in [0.1, 0.15) is 5.75 Å². The van der Waals surface area contributed by atoms with Crippen LogP contribution in [0.1, 0.15) is 43.7 Å². The molecule has 2 rings (SSSR count). The Balaban J connectivity index is 2.08. The van der Waals surface area contributed by atoms with Gasteiger partial charge in [0.15, 0.2) is 0 Å². The van der Waals surface area contributed by atoms with Gasteiger partial charge in [0.05, 0.1) is 18.4 Å². The van der Waals surface area contributed by atoms with Crippen molar-refractivity contribution >= 4 is 11.9 Å². The molecule has 0 N–H and O–H groups in total. The molecule has 0 heterocycles. The summed E-state index contributed by atoms with van der Waals surface area (Å²) in [6.45, 7) is 6.12. The Morgan fingerprint density at radius 2 is 1.68 bits per heavy atom. The van der Waals surface area contributed by atoms with E-state index in [0.717, 1.165) is 24.0 Å². The zero-order valence-corrected chi connectivity index (χ0v) is 13.6. The van der Waals surface area contributed by atoms with Gasteiger partial charge >= 0.3 is 11.9 Å². The van der Waals surface area contributed by atoms with Crippen LogP contribution in [-0.2, 0) is 14.3 Å². The topological polar surface area (TPSA) is 52.6 Å². The van der Waals surface area contributed by atoms with E-state index in [1.165, 1.54) is 0 Å². The number of hydrogen-bond acceptors (Lipinski definition) is 4. The van der Waals surface area contributed by atoms with E-state index < -0.39 is 5.92 Å². The molecule has 1 aromatic rings. The van der Waals surface area contributed by atoms with Gasteiger partial charge in [0.2, 0.25) is 0 Å². The predicted octanol–water partition coefficient (Wildman–Crippen LogP) is 3.58. The molecule has 1 aromatic carbocycles. The standard InChI is InChI=1S/C18H24O4/c1-4-21-17(19)15-7-5-6-8-16(15)18(20)22-14-10-9-12(2)13(3)11-14/h9-11,15-16H,4-8H2,1-3H3. The van der Waals surface area contributed by atoms with Crippen LogP contribution in [0, 0.1) is 25.7 Å². The van der Waals surface area contributed by atoms with Crippen molar-refractivity contribution in [2.24, 2.45) is 11.8 Å². The molecule has 1 fully saturated rings. The minimum Gasteiger partial charge on any atom is -0.466 e. The van der Waals surface area contributed by atoms with Crippen molar-refractivity contribution in [1.29, 1.82) is 0 Å². The van der Waals surface area contributed by atoms with Gasteiger partial charge in [-0.15, -0.1) is 0 Å². The quantitative estimate of drug-likeness (QED) is 0.630. The maximum absolute atomic E-state index is 12.5. The molecule has 2 atom stereocenters. The zero-order chi connectivity index (χ0) is 16.1. The van der Waals surface area contributed by atoms with Crippen molar-refractivity contribution in [1.82, 2.24) is 0 Å². The number of hydrogen-bond donors (Lipinski definition) is 0. The molecule has 1 saturated carbocycles. The third-order valence-electron chi connectivity index (χ3n) is 4.35. The maximum Gasteiger partial charge on any atom is 0.315 e. The van der Waals surface area contributed by atoms with Crippen LogP contribution in [0.3, 0.4) is 0 Å². The fourth-order valence-electron chi connectivity index (χ4n) is 2.91. The molecule has 0 saturated heterocycles. The van der Waals surface area contributed by atoms with E-state index in [4.69, 9.17) is 9.47 Å². The summed E-state index contributed by atoms with van der Waals surface area (Å²) in [7, 11) is 0. The number of rotatable bonds is 4. The van der Waals surface area contributed by atoms with Crippen molar-refractivity contribution in [3.8, 4) is 5.75 Å². The van der Waals surface area contributed by atoms with E-state index in [1.807, 2.05) is 26.0 Å². The Kier molecular flexibility index (Phi) is 5.58. The van der Waals surface area contributed by atoms with Crippen LogP contribution in [0.25, 0.3) is 0 Å². The minimum atomic E-state index is -0.394. The fraction of sp³-hybridized carbons (Fsp3) is 0.556. The highest BCUT2D eigenvalue weighted by atomic mass is 16.5. The molecule has 22 heavy (non-hydrogen) atoms. The number of ether oxygens (including phenoxy) is 2. The summed E-state index contributed by atoms with van der Waals surface area (Å²) < 4.78 is 10.6. The highest BCUT2D eigenvalue weighted by molar-refractivity contribution is 5.83. The number of aryl methyl sites for hydroxylation is 2. The molecule has 1 aliphatic rings. The normalized spacial score (nSPS) is 21.2. The highest BCUT2D eigenvalue weighted by Gasteiger charge is 2.38. The maximum atomic E-state index is 12.5. The number of benzene rings is 1. The van der Waals surface area contributed by atoms with Gasteiger partial charge in [-0.2, -0.15) is 0 Å². The third kappa shape index (κ3) is 3.87. The molecular formula is C18H24O4. The molecule has 4 heteroatoms. The Morgan fingerprint density at radius 1 is 1.05 bits per heavy atom. The first-order valence-corrected chi connectivity index (χ1v) is 7.98. The molecule has 0 amide bonds. The lowest BCUT2D eigenvalue weighted by Crippen LogP contribution is -2.36. The summed E-state index contributed by atoms with van der Waals surface area (Å²) in [5.74, 6) is -0.811. The second-order valence-corrected chi connectivity index (χ2v) is 5.92. The van der Waals surface area contributed by atoms with E-state index in [2.05, 4.69) is 0 Å². The average molecular weight is 304 g/mol. The molecular weight excluding hydrogens is 280 g/mol. The molecule has 0 radical (unpaired) electrons. The minimum absolute atomic E-state index is 0.274. The Hall–Kier alpha value is -1.84.